The molecule has 0 saturated carbocycles. The quantitative estimate of drug-likeness (QED) is 0.550. The normalized spacial score (nSPS) is 11.4. The first kappa shape index (κ1) is 22.0. The fourth-order valence-electron chi connectivity index (χ4n) is 3.10. The Labute approximate surface area is 180 Å². The molecule has 0 bridgehead atoms. The molecule has 0 saturated heterocycles. The first-order valence-corrected chi connectivity index (χ1v) is 9.60. The molecule has 3 aromatic rings. The SMILES string of the molecule is COc1cc(C(=O)NC(COc2ccccc2F)c2ccccc2)cc(OC)c1OC. The van der Waals surface area contributed by atoms with Crippen molar-refractivity contribution in [1.82, 2.24) is 5.32 Å². The molecule has 1 unspecified atom stereocenters. The number of nitrogens with one attached hydrogen (secondary N) is 1. The molecule has 3 aromatic carbocycles. The summed E-state index contributed by atoms with van der Waals surface area (Å²) in [5, 5.41) is 2.94. The van der Waals surface area contributed by atoms with Gasteiger partial charge in [0.05, 0.1) is 27.4 Å². The third kappa shape index (κ3) is 5.25. The van der Waals surface area contributed by atoms with Crippen LogP contribution in [0, 0.1) is 5.82 Å². The van der Waals surface area contributed by atoms with E-state index in [0.29, 0.717) is 22.8 Å². The highest BCUT2D eigenvalue weighted by molar-refractivity contribution is 5.96. The Morgan fingerprint density at radius 1 is 0.871 bits per heavy atom. The first-order valence-electron chi connectivity index (χ1n) is 9.60. The number of para-hydroxylation sites is 1. The third-order valence-electron chi connectivity index (χ3n) is 4.68. The molecular weight excluding hydrogens is 401 g/mol. The van der Waals surface area contributed by atoms with Gasteiger partial charge in [0.25, 0.3) is 5.91 Å². The average Bonchev–Trinajstić information content (AvgIpc) is 2.81. The molecule has 0 aliphatic rings. The van der Waals surface area contributed by atoms with E-state index in [9.17, 15) is 9.18 Å². The second-order valence-electron chi connectivity index (χ2n) is 6.59. The summed E-state index contributed by atoms with van der Waals surface area (Å²) in [6.45, 7) is 0.0428. The topological polar surface area (TPSA) is 66.0 Å². The second-order valence-corrected chi connectivity index (χ2v) is 6.59. The van der Waals surface area contributed by atoms with Gasteiger partial charge in [0.1, 0.15) is 6.61 Å². The zero-order valence-electron chi connectivity index (χ0n) is 17.6. The second kappa shape index (κ2) is 10.3. The zero-order valence-corrected chi connectivity index (χ0v) is 17.6. The fraction of sp³-hybridized carbons (Fsp3) is 0.208. The molecule has 0 spiro atoms. The van der Waals surface area contributed by atoms with Crippen LogP contribution in [0.1, 0.15) is 22.0 Å². The van der Waals surface area contributed by atoms with E-state index >= 15 is 0 Å². The molecule has 0 fully saturated rings. The highest BCUT2D eigenvalue weighted by Crippen LogP contribution is 2.38. The zero-order chi connectivity index (χ0) is 22.2. The predicted molar refractivity (Wildman–Crippen MR) is 115 cm³/mol. The number of rotatable bonds is 9. The van der Waals surface area contributed by atoms with Crippen molar-refractivity contribution in [3.63, 3.8) is 0 Å². The number of ether oxygens (including phenoxy) is 4. The Morgan fingerprint density at radius 2 is 1.48 bits per heavy atom. The Bertz CT molecular complexity index is 1000. The molecule has 0 radical (unpaired) electrons. The summed E-state index contributed by atoms with van der Waals surface area (Å²) in [5.41, 5.74) is 1.14. The van der Waals surface area contributed by atoms with Crippen molar-refractivity contribution in [3.05, 3.63) is 83.7 Å². The summed E-state index contributed by atoms with van der Waals surface area (Å²) in [5.74, 6) is 0.404. The summed E-state index contributed by atoms with van der Waals surface area (Å²) in [7, 11) is 4.45. The minimum absolute atomic E-state index is 0.0428. The van der Waals surface area contributed by atoms with Crippen LogP contribution in [0.2, 0.25) is 0 Å². The maximum Gasteiger partial charge on any atom is 0.252 e. The molecule has 0 aliphatic carbocycles. The molecule has 6 nitrogen and oxygen atoms in total. The van der Waals surface area contributed by atoms with Crippen LogP contribution in [0.5, 0.6) is 23.0 Å². The number of methoxy groups -OCH3 is 3. The lowest BCUT2D eigenvalue weighted by Crippen LogP contribution is -2.32. The number of benzene rings is 3. The number of amides is 1. The lowest BCUT2D eigenvalue weighted by atomic mass is 10.1. The van der Waals surface area contributed by atoms with E-state index in [1.807, 2.05) is 30.3 Å². The molecule has 3 rings (SSSR count). The number of halogens is 1. The summed E-state index contributed by atoms with van der Waals surface area (Å²) < 4.78 is 35.6. The highest BCUT2D eigenvalue weighted by atomic mass is 19.1. The van der Waals surface area contributed by atoms with Crippen LogP contribution in [0.15, 0.2) is 66.7 Å². The van der Waals surface area contributed by atoms with E-state index < -0.39 is 11.9 Å². The van der Waals surface area contributed by atoms with E-state index in [-0.39, 0.29) is 18.3 Å². The van der Waals surface area contributed by atoms with E-state index in [2.05, 4.69) is 5.32 Å². The van der Waals surface area contributed by atoms with Crippen LogP contribution < -0.4 is 24.3 Å². The van der Waals surface area contributed by atoms with Gasteiger partial charge in [0.2, 0.25) is 5.75 Å². The molecule has 0 heterocycles. The van der Waals surface area contributed by atoms with Gasteiger partial charge < -0.3 is 24.3 Å². The molecular formula is C24H24FNO5. The van der Waals surface area contributed by atoms with E-state index in [1.165, 1.54) is 27.4 Å². The molecule has 1 N–H and O–H groups in total. The van der Waals surface area contributed by atoms with Crippen molar-refractivity contribution in [2.45, 2.75) is 6.04 Å². The molecule has 31 heavy (non-hydrogen) atoms. The maximum atomic E-state index is 14.0. The van der Waals surface area contributed by atoms with Crippen LogP contribution in [-0.2, 0) is 0 Å². The molecule has 0 aromatic heterocycles. The molecule has 162 valence electrons. The Hall–Kier alpha value is -3.74. The Morgan fingerprint density at radius 3 is 2.06 bits per heavy atom. The van der Waals surface area contributed by atoms with Crippen molar-refractivity contribution in [2.24, 2.45) is 0 Å². The Balaban J connectivity index is 1.85. The van der Waals surface area contributed by atoms with Crippen LogP contribution in [0.4, 0.5) is 4.39 Å². The first-order chi connectivity index (χ1) is 15.1. The lowest BCUT2D eigenvalue weighted by molar-refractivity contribution is 0.0919. The van der Waals surface area contributed by atoms with Crippen LogP contribution in [0.25, 0.3) is 0 Å². The van der Waals surface area contributed by atoms with E-state index in [4.69, 9.17) is 18.9 Å². The minimum atomic E-state index is -0.521. The van der Waals surface area contributed by atoms with Gasteiger partial charge in [0.15, 0.2) is 23.1 Å². The van der Waals surface area contributed by atoms with Crippen LogP contribution in [-0.4, -0.2) is 33.8 Å². The van der Waals surface area contributed by atoms with Gasteiger partial charge in [-0.2, -0.15) is 0 Å². The number of carbonyl (C=O) groups excluding carboxylic acids is 1. The van der Waals surface area contributed by atoms with E-state index in [1.54, 1.807) is 30.3 Å². The predicted octanol–water partition coefficient (Wildman–Crippen LogP) is 4.40. The smallest absolute Gasteiger partial charge is 0.252 e. The van der Waals surface area contributed by atoms with Crippen molar-refractivity contribution >= 4 is 5.91 Å². The van der Waals surface area contributed by atoms with Gasteiger partial charge >= 0.3 is 0 Å². The maximum absolute atomic E-state index is 14.0. The van der Waals surface area contributed by atoms with Crippen LogP contribution in [0.3, 0.4) is 0 Å². The highest BCUT2D eigenvalue weighted by Gasteiger charge is 2.21. The number of hydrogen-bond donors (Lipinski definition) is 1. The van der Waals surface area contributed by atoms with Crippen molar-refractivity contribution in [3.8, 4) is 23.0 Å². The molecule has 1 atom stereocenters. The molecule has 1 amide bonds. The van der Waals surface area contributed by atoms with Gasteiger partial charge in [-0.05, 0) is 29.8 Å². The number of carbonyl (C=O) groups is 1. The summed E-state index contributed by atoms with van der Waals surface area (Å²) in [6.07, 6.45) is 0. The van der Waals surface area contributed by atoms with Crippen molar-refractivity contribution in [1.29, 1.82) is 0 Å². The standard InChI is InChI=1S/C24H24FNO5/c1-28-21-13-17(14-22(29-2)23(21)30-3)24(27)26-19(16-9-5-4-6-10-16)15-31-20-12-8-7-11-18(20)25/h4-14,19H,15H2,1-3H3,(H,26,27). The molecule has 0 aliphatic heterocycles. The van der Waals surface area contributed by atoms with Crippen molar-refractivity contribution < 1.29 is 28.1 Å². The number of hydrogen-bond acceptors (Lipinski definition) is 5. The summed E-state index contributed by atoms with van der Waals surface area (Å²) in [6, 6.07) is 18.1. The average molecular weight is 425 g/mol. The van der Waals surface area contributed by atoms with Gasteiger partial charge in [-0.15, -0.1) is 0 Å². The largest absolute Gasteiger partial charge is 0.493 e. The van der Waals surface area contributed by atoms with Gasteiger partial charge in [-0.25, -0.2) is 4.39 Å². The summed E-state index contributed by atoms with van der Waals surface area (Å²) >= 11 is 0. The van der Waals surface area contributed by atoms with Gasteiger partial charge in [-0.1, -0.05) is 42.5 Å². The lowest BCUT2D eigenvalue weighted by Gasteiger charge is -2.21. The fourth-order valence-corrected chi connectivity index (χ4v) is 3.10. The van der Waals surface area contributed by atoms with Crippen molar-refractivity contribution in [2.75, 3.05) is 27.9 Å². The Kier molecular flexibility index (Phi) is 7.32. The van der Waals surface area contributed by atoms with Crippen LogP contribution >= 0.6 is 0 Å². The monoisotopic (exact) mass is 425 g/mol. The van der Waals surface area contributed by atoms with Gasteiger partial charge in [-0.3, -0.25) is 4.79 Å². The van der Waals surface area contributed by atoms with E-state index in [0.717, 1.165) is 5.56 Å². The molecule has 7 heteroatoms. The minimum Gasteiger partial charge on any atom is -0.493 e. The van der Waals surface area contributed by atoms with Gasteiger partial charge in [0, 0.05) is 5.56 Å². The third-order valence-corrected chi connectivity index (χ3v) is 4.68. The summed E-state index contributed by atoms with van der Waals surface area (Å²) in [4.78, 5) is 13.0.